The van der Waals surface area contributed by atoms with Crippen LogP contribution in [0.4, 0.5) is 0 Å². The van der Waals surface area contributed by atoms with Crippen LogP contribution >= 0.6 is 15.9 Å². The molecule has 0 aromatic heterocycles. The van der Waals surface area contributed by atoms with E-state index in [9.17, 15) is 5.11 Å². The van der Waals surface area contributed by atoms with Crippen molar-refractivity contribution in [2.45, 2.75) is 20.0 Å². The monoisotopic (exact) mass is 270 g/mol. The predicted molar refractivity (Wildman–Crippen MR) is 65.1 cm³/mol. The minimum Gasteiger partial charge on any atom is -0.489 e. The standard InChI is InChI=1S/C12H15BrO2/c1-3-4-7-15-12-8-10(13)5-6-11(12)9(2)14/h3-6,8-9,14H,7H2,1-2H3/b4-3+/t9-/m0/s1. The van der Waals surface area contributed by atoms with E-state index in [0.717, 1.165) is 15.8 Å². The summed E-state index contributed by atoms with van der Waals surface area (Å²) in [5, 5.41) is 9.54. The molecule has 0 saturated carbocycles. The average Bonchev–Trinajstić information content (AvgIpc) is 2.18. The van der Waals surface area contributed by atoms with Gasteiger partial charge in [-0.2, -0.15) is 0 Å². The molecular weight excluding hydrogens is 256 g/mol. The second-order valence-corrected chi connectivity index (χ2v) is 4.15. The Labute approximate surface area is 98.7 Å². The molecule has 0 amide bonds. The zero-order valence-electron chi connectivity index (χ0n) is 8.90. The first-order chi connectivity index (χ1) is 7.15. The van der Waals surface area contributed by atoms with Crippen molar-refractivity contribution in [2.75, 3.05) is 6.61 Å². The summed E-state index contributed by atoms with van der Waals surface area (Å²) < 4.78 is 6.49. The highest BCUT2D eigenvalue weighted by molar-refractivity contribution is 9.10. The lowest BCUT2D eigenvalue weighted by Gasteiger charge is -2.12. The Morgan fingerprint density at radius 3 is 2.87 bits per heavy atom. The number of benzene rings is 1. The van der Waals surface area contributed by atoms with Gasteiger partial charge in [-0.1, -0.05) is 34.1 Å². The molecule has 15 heavy (non-hydrogen) atoms. The summed E-state index contributed by atoms with van der Waals surface area (Å²) in [6.45, 7) is 4.19. The Balaban J connectivity index is 2.86. The van der Waals surface area contributed by atoms with E-state index >= 15 is 0 Å². The molecule has 2 nitrogen and oxygen atoms in total. The van der Waals surface area contributed by atoms with Crippen molar-refractivity contribution >= 4 is 15.9 Å². The van der Waals surface area contributed by atoms with E-state index in [2.05, 4.69) is 15.9 Å². The second kappa shape index (κ2) is 5.93. The maximum absolute atomic E-state index is 9.54. The van der Waals surface area contributed by atoms with Crippen molar-refractivity contribution in [1.82, 2.24) is 0 Å². The van der Waals surface area contributed by atoms with Gasteiger partial charge in [0, 0.05) is 10.0 Å². The van der Waals surface area contributed by atoms with Gasteiger partial charge in [-0.15, -0.1) is 0 Å². The molecule has 0 bridgehead atoms. The molecule has 0 heterocycles. The third kappa shape index (κ3) is 3.68. The van der Waals surface area contributed by atoms with Gasteiger partial charge in [-0.3, -0.25) is 0 Å². The number of aliphatic hydroxyl groups excluding tert-OH is 1. The number of aliphatic hydroxyl groups is 1. The van der Waals surface area contributed by atoms with Crippen molar-refractivity contribution in [3.63, 3.8) is 0 Å². The van der Waals surface area contributed by atoms with Crippen LogP contribution in [0.2, 0.25) is 0 Å². The molecule has 0 radical (unpaired) electrons. The SMILES string of the molecule is C/C=C/COc1cc(Br)ccc1[C@H](C)O. The van der Waals surface area contributed by atoms with Gasteiger partial charge in [-0.25, -0.2) is 0 Å². The highest BCUT2D eigenvalue weighted by Gasteiger charge is 2.08. The van der Waals surface area contributed by atoms with E-state index in [1.807, 2.05) is 37.3 Å². The molecule has 1 rings (SSSR count). The quantitative estimate of drug-likeness (QED) is 0.850. The van der Waals surface area contributed by atoms with Crippen LogP contribution in [0, 0.1) is 0 Å². The van der Waals surface area contributed by atoms with Crippen LogP contribution in [0.25, 0.3) is 0 Å². The number of rotatable bonds is 4. The minimum absolute atomic E-state index is 0.515. The van der Waals surface area contributed by atoms with Crippen LogP contribution in [0.15, 0.2) is 34.8 Å². The molecule has 0 spiro atoms. The third-order valence-electron chi connectivity index (χ3n) is 2.00. The maximum atomic E-state index is 9.54. The molecule has 0 aliphatic heterocycles. The first-order valence-corrected chi connectivity index (χ1v) is 5.66. The topological polar surface area (TPSA) is 29.5 Å². The maximum Gasteiger partial charge on any atom is 0.126 e. The first kappa shape index (κ1) is 12.3. The van der Waals surface area contributed by atoms with Gasteiger partial charge >= 0.3 is 0 Å². The van der Waals surface area contributed by atoms with Gasteiger partial charge in [-0.05, 0) is 26.0 Å². The van der Waals surface area contributed by atoms with Gasteiger partial charge < -0.3 is 9.84 Å². The fourth-order valence-electron chi connectivity index (χ4n) is 1.21. The van der Waals surface area contributed by atoms with Gasteiger partial charge in [0.1, 0.15) is 12.4 Å². The fraction of sp³-hybridized carbons (Fsp3) is 0.333. The Morgan fingerprint density at radius 1 is 1.53 bits per heavy atom. The lowest BCUT2D eigenvalue weighted by atomic mass is 10.1. The molecule has 1 aromatic rings. The summed E-state index contributed by atoms with van der Waals surface area (Å²) in [5.41, 5.74) is 0.808. The van der Waals surface area contributed by atoms with Crippen LogP contribution in [-0.4, -0.2) is 11.7 Å². The molecule has 82 valence electrons. The van der Waals surface area contributed by atoms with Crippen molar-refractivity contribution < 1.29 is 9.84 Å². The molecule has 0 fully saturated rings. The molecule has 3 heteroatoms. The van der Waals surface area contributed by atoms with E-state index in [0.29, 0.717) is 6.61 Å². The average molecular weight is 271 g/mol. The summed E-state index contributed by atoms with van der Waals surface area (Å²) >= 11 is 3.37. The molecule has 1 N–H and O–H groups in total. The largest absolute Gasteiger partial charge is 0.489 e. The Bertz CT molecular complexity index is 345. The molecule has 0 aliphatic carbocycles. The molecule has 0 unspecified atom stereocenters. The van der Waals surface area contributed by atoms with Crippen LogP contribution in [-0.2, 0) is 0 Å². The van der Waals surface area contributed by atoms with E-state index in [1.165, 1.54) is 0 Å². The number of hydrogen-bond donors (Lipinski definition) is 1. The van der Waals surface area contributed by atoms with E-state index < -0.39 is 6.10 Å². The zero-order valence-corrected chi connectivity index (χ0v) is 10.5. The minimum atomic E-state index is -0.515. The van der Waals surface area contributed by atoms with Gasteiger partial charge in [0.05, 0.1) is 6.10 Å². The lowest BCUT2D eigenvalue weighted by molar-refractivity contribution is 0.193. The third-order valence-corrected chi connectivity index (χ3v) is 2.49. The molecule has 1 atom stereocenters. The Kier molecular flexibility index (Phi) is 4.85. The van der Waals surface area contributed by atoms with E-state index in [-0.39, 0.29) is 0 Å². The van der Waals surface area contributed by atoms with E-state index in [1.54, 1.807) is 6.92 Å². The smallest absolute Gasteiger partial charge is 0.126 e. The fourth-order valence-corrected chi connectivity index (χ4v) is 1.55. The number of halogens is 1. The van der Waals surface area contributed by atoms with Crippen molar-refractivity contribution in [3.05, 3.63) is 40.4 Å². The van der Waals surface area contributed by atoms with E-state index in [4.69, 9.17) is 4.74 Å². The molecule has 1 aromatic carbocycles. The molecule has 0 aliphatic rings. The van der Waals surface area contributed by atoms with Gasteiger partial charge in [0.25, 0.3) is 0 Å². The summed E-state index contributed by atoms with van der Waals surface area (Å²) in [6, 6.07) is 5.62. The van der Waals surface area contributed by atoms with Crippen LogP contribution in [0.1, 0.15) is 25.5 Å². The van der Waals surface area contributed by atoms with Crippen LogP contribution < -0.4 is 4.74 Å². The summed E-state index contributed by atoms with van der Waals surface area (Å²) in [5.74, 6) is 0.720. The summed E-state index contributed by atoms with van der Waals surface area (Å²) in [6.07, 6.45) is 3.34. The van der Waals surface area contributed by atoms with Crippen molar-refractivity contribution in [2.24, 2.45) is 0 Å². The lowest BCUT2D eigenvalue weighted by Crippen LogP contribution is -2.00. The highest BCUT2D eigenvalue weighted by atomic mass is 79.9. The zero-order chi connectivity index (χ0) is 11.3. The Morgan fingerprint density at radius 2 is 2.27 bits per heavy atom. The van der Waals surface area contributed by atoms with Crippen LogP contribution in [0.3, 0.4) is 0 Å². The first-order valence-electron chi connectivity index (χ1n) is 4.86. The van der Waals surface area contributed by atoms with Crippen molar-refractivity contribution in [3.8, 4) is 5.75 Å². The number of allylic oxidation sites excluding steroid dienone is 1. The summed E-state index contributed by atoms with van der Waals surface area (Å²) in [4.78, 5) is 0. The molecule has 0 saturated heterocycles. The number of hydrogen-bond acceptors (Lipinski definition) is 2. The molecular formula is C12H15BrO2. The Hall–Kier alpha value is -0.800. The predicted octanol–water partition coefficient (Wildman–Crippen LogP) is 3.46. The summed E-state index contributed by atoms with van der Waals surface area (Å²) in [7, 11) is 0. The van der Waals surface area contributed by atoms with Gasteiger partial charge in [0.15, 0.2) is 0 Å². The highest BCUT2D eigenvalue weighted by Crippen LogP contribution is 2.28. The normalized spacial score (nSPS) is 13.1. The van der Waals surface area contributed by atoms with Crippen molar-refractivity contribution in [1.29, 1.82) is 0 Å². The van der Waals surface area contributed by atoms with Gasteiger partial charge in [0.2, 0.25) is 0 Å². The second-order valence-electron chi connectivity index (χ2n) is 3.24. The van der Waals surface area contributed by atoms with Crippen LogP contribution in [0.5, 0.6) is 5.75 Å². The number of ether oxygens (including phenoxy) is 1.